The number of thiocarbonyl (C=S) groups is 1. The number of carbonyl (C=O) groups is 1. The van der Waals surface area contributed by atoms with Crippen LogP contribution in [0.5, 0.6) is 0 Å². The van der Waals surface area contributed by atoms with Crippen LogP contribution in [-0.4, -0.2) is 22.6 Å². The van der Waals surface area contributed by atoms with E-state index in [1.807, 2.05) is 13.8 Å². The van der Waals surface area contributed by atoms with Crippen LogP contribution < -0.4 is 16.4 Å². The number of urea groups is 1. The zero-order chi connectivity index (χ0) is 13.8. The van der Waals surface area contributed by atoms with Crippen LogP contribution in [0.15, 0.2) is 0 Å². The molecule has 0 radical (unpaired) electrons. The molecule has 0 aromatic carbocycles. The van der Waals surface area contributed by atoms with E-state index in [1.165, 1.54) is 6.42 Å². The SMILES string of the molecule is CCC1CCC(NC(=O)NC(C)C)(C(N)=S)CC1. The van der Waals surface area contributed by atoms with Crippen molar-refractivity contribution >= 4 is 23.2 Å². The number of rotatable bonds is 4. The normalized spacial score (nSPS) is 27.9. The van der Waals surface area contributed by atoms with Crippen molar-refractivity contribution in [3.63, 3.8) is 0 Å². The van der Waals surface area contributed by atoms with E-state index in [0.29, 0.717) is 4.99 Å². The molecule has 1 saturated carbocycles. The molecule has 1 fully saturated rings. The summed E-state index contributed by atoms with van der Waals surface area (Å²) in [6.45, 7) is 6.07. The molecule has 0 bridgehead atoms. The molecule has 0 unspecified atom stereocenters. The third-order valence-corrected chi connectivity index (χ3v) is 4.17. The van der Waals surface area contributed by atoms with Crippen molar-refractivity contribution in [2.45, 2.75) is 64.5 Å². The van der Waals surface area contributed by atoms with Gasteiger partial charge in [0.25, 0.3) is 0 Å². The number of carbonyl (C=O) groups excluding carboxylic acids is 1. The third kappa shape index (κ3) is 3.83. The van der Waals surface area contributed by atoms with Crippen LogP contribution in [0.25, 0.3) is 0 Å². The molecule has 0 saturated heterocycles. The molecule has 0 aromatic rings. The van der Waals surface area contributed by atoms with Gasteiger partial charge < -0.3 is 16.4 Å². The van der Waals surface area contributed by atoms with Crippen LogP contribution in [0.2, 0.25) is 0 Å². The lowest BCUT2D eigenvalue weighted by atomic mass is 9.75. The van der Waals surface area contributed by atoms with E-state index in [-0.39, 0.29) is 12.1 Å². The molecule has 4 N–H and O–H groups in total. The molecular formula is C13H25N3OS. The van der Waals surface area contributed by atoms with Gasteiger partial charge in [-0.05, 0) is 45.4 Å². The van der Waals surface area contributed by atoms with Crippen LogP contribution >= 0.6 is 12.2 Å². The maximum absolute atomic E-state index is 11.8. The lowest BCUT2D eigenvalue weighted by molar-refractivity contribution is 0.210. The minimum atomic E-state index is -0.486. The highest BCUT2D eigenvalue weighted by molar-refractivity contribution is 7.80. The van der Waals surface area contributed by atoms with Crippen molar-refractivity contribution in [3.8, 4) is 0 Å². The summed E-state index contributed by atoms with van der Waals surface area (Å²) < 4.78 is 0. The Bertz CT molecular complexity index is 309. The van der Waals surface area contributed by atoms with Gasteiger partial charge in [0.15, 0.2) is 0 Å². The quantitative estimate of drug-likeness (QED) is 0.687. The number of hydrogen-bond donors (Lipinski definition) is 3. The van der Waals surface area contributed by atoms with Gasteiger partial charge in [-0.3, -0.25) is 0 Å². The summed E-state index contributed by atoms with van der Waals surface area (Å²) in [5, 5.41) is 5.82. The van der Waals surface area contributed by atoms with Crippen molar-refractivity contribution in [3.05, 3.63) is 0 Å². The minimum Gasteiger partial charge on any atom is -0.391 e. The molecule has 0 atom stereocenters. The second-order valence-corrected chi connectivity index (χ2v) is 5.99. The summed E-state index contributed by atoms with van der Waals surface area (Å²) in [5.74, 6) is 0.738. The highest BCUT2D eigenvalue weighted by Gasteiger charge is 2.38. The summed E-state index contributed by atoms with van der Waals surface area (Å²) in [6.07, 6.45) is 5.05. The molecule has 104 valence electrons. The van der Waals surface area contributed by atoms with Gasteiger partial charge in [-0.15, -0.1) is 0 Å². The zero-order valence-electron chi connectivity index (χ0n) is 11.6. The summed E-state index contributed by atoms with van der Waals surface area (Å²) in [5.41, 5.74) is 5.37. The molecule has 0 spiro atoms. The highest BCUT2D eigenvalue weighted by Crippen LogP contribution is 2.34. The van der Waals surface area contributed by atoms with E-state index < -0.39 is 5.54 Å². The van der Waals surface area contributed by atoms with Crippen LogP contribution in [-0.2, 0) is 0 Å². The molecule has 2 amide bonds. The molecule has 5 heteroatoms. The fraction of sp³-hybridized carbons (Fsp3) is 0.846. The molecule has 18 heavy (non-hydrogen) atoms. The molecule has 1 aliphatic carbocycles. The predicted octanol–water partition coefficient (Wildman–Crippen LogP) is 2.32. The average molecular weight is 271 g/mol. The first kappa shape index (κ1) is 15.2. The van der Waals surface area contributed by atoms with Crippen LogP contribution in [0.4, 0.5) is 4.79 Å². The fourth-order valence-electron chi connectivity index (χ4n) is 2.53. The van der Waals surface area contributed by atoms with E-state index in [2.05, 4.69) is 17.6 Å². The van der Waals surface area contributed by atoms with Gasteiger partial charge in [-0.2, -0.15) is 0 Å². The van der Waals surface area contributed by atoms with Gasteiger partial charge in [-0.25, -0.2) is 4.79 Å². The maximum Gasteiger partial charge on any atom is 0.315 e. The number of amides is 2. The van der Waals surface area contributed by atoms with E-state index in [4.69, 9.17) is 18.0 Å². The third-order valence-electron chi connectivity index (χ3n) is 3.78. The smallest absolute Gasteiger partial charge is 0.315 e. The number of nitrogens with one attached hydrogen (secondary N) is 2. The van der Waals surface area contributed by atoms with Crippen molar-refractivity contribution in [2.75, 3.05) is 0 Å². The highest BCUT2D eigenvalue weighted by atomic mass is 32.1. The Morgan fingerprint density at radius 2 is 2.00 bits per heavy atom. The van der Waals surface area contributed by atoms with Crippen LogP contribution in [0, 0.1) is 5.92 Å². The van der Waals surface area contributed by atoms with Crippen LogP contribution in [0.3, 0.4) is 0 Å². The summed E-state index contributed by atoms with van der Waals surface area (Å²) >= 11 is 5.17. The summed E-state index contributed by atoms with van der Waals surface area (Å²) in [7, 11) is 0. The van der Waals surface area contributed by atoms with E-state index in [0.717, 1.165) is 31.6 Å². The molecule has 0 heterocycles. The first-order valence-electron chi connectivity index (χ1n) is 6.78. The predicted molar refractivity (Wildman–Crippen MR) is 78.6 cm³/mol. The van der Waals surface area contributed by atoms with Crippen molar-refractivity contribution in [1.29, 1.82) is 0 Å². The Kier molecular flexibility index (Phi) is 5.38. The second-order valence-electron chi connectivity index (χ2n) is 5.55. The molecule has 1 aliphatic rings. The van der Waals surface area contributed by atoms with Crippen molar-refractivity contribution in [1.82, 2.24) is 10.6 Å². The van der Waals surface area contributed by atoms with E-state index in [9.17, 15) is 4.79 Å². The second kappa shape index (κ2) is 6.36. The monoisotopic (exact) mass is 271 g/mol. The molecule has 0 aliphatic heterocycles. The fourth-order valence-corrected chi connectivity index (χ4v) is 2.78. The van der Waals surface area contributed by atoms with Gasteiger partial charge in [-0.1, -0.05) is 25.6 Å². The Balaban J connectivity index is 2.65. The van der Waals surface area contributed by atoms with Crippen LogP contribution in [0.1, 0.15) is 52.9 Å². The maximum atomic E-state index is 11.8. The molecule has 4 nitrogen and oxygen atoms in total. The van der Waals surface area contributed by atoms with Gasteiger partial charge in [0, 0.05) is 6.04 Å². The standard InChI is InChI=1S/C13H25N3OS/c1-4-10-5-7-13(8-6-10,11(14)18)16-12(17)15-9(2)3/h9-10H,4-8H2,1-3H3,(H2,14,18)(H2,15,16,17). The Morgan fingerprint density at radius 1 is 1.44 bits per heavy atom. The lowest BCUT2D eigenvalue weighted by Crippen LogP contribution is -2.60. The lowest BCUT2D eigenvalue weighted by Gasteiger charge is -2.40. The van der Waals surface area contributed by atoms with Gasteiger partial charge >= 0.3 is 6.03 Å². The minimum absolute atomic E-state index is 0.111. The van der Waals surface area contributed by atoms with Crippen molar-refractivity contribution in [2.24, 2.45) is 11.7 Å². The Labute approximate surface area is 115 Å². The summed E-state index contributed by atoms with van der Waals surface area (Å²) in [6, 6.07) is -0.0619. The molecular weight excluding hydrogens is 246 g/mol. The van der Waals surface area contributed by atoms with Gasteiger partial charge in [0.2, 0.25) is 0 Å². The van der Waals surface area contributed by atoms with E-state index in [1.54, 1.807) is 0 Å². The summed E-state index contributed by atoms with van der Waals surface area (Å²) in [4.78, 5) is 12.3. The first-order chi connectivity index (χ1) is 8.39. The Morgan fingerprint density at radius 3 is 2.39 bits per heavy atom. The van der Waals surface area contributed by atoms with Gasteiger partial charge in [0.1, 0.15) is 0 Å². The Hall–Kier alpha value is -0.840. The van der Waals surface area contributed by atoms with E-state index >= 15 is 0 Å². The average Bonchev–Trinajstić information content (AvgIpc) is 2.28. The first-order valence-corrected chi connectivity index (χ1v) is 7.19. The van der Waals surface area contributed by atoms with Crippen molar-refractivity contribution < 1.29 is 4.79 Å². The molecule has 0 aromatic heterocycles. The zero-order valence-corrected chi connectivity index (χ0v) is 12.4. The molecule has 1 rings (SSSR count). The topological polar surface area (TPSA) is 67.2 Å². The number of nitrogens with two attached hydrogens (primary N) is 1. The van der Waals surface area contributed by atoms with Gasteiger partial charge in [0.05, 0.1) is 10.5 Å². The number of hydrogen-bond acceptors (Lipinski definition) is 2. The largest absolute Gasteiger partial charge is 0.391 e.